The van der Waals surface area contributed by atoms with Gasteiger partial charge in [0.15, 0.2) is 11.6 Å². The first-order chi connectivity index (χ1) is 15.0. The maximum Gasteiger partial charge on any atom is 0.522 e. The molecule has 1 amide bonds. The molecule has 3 atom stereocenters. The Morgan fingerprint density at radius 1 is 1.31 bits per heavy atom. The van der Waals surface area contributed by atoms with E-state index in [0.29, 0.717) is 0 Å². The lowest BCUT2D eigenvalue weighted by molar-refractivity contribution is -0.339. The summed E-state index contributed by atoms with van der Waals surface area (Å²) in [6.45, 7) is -0.451. The van der Waals surface area contributed by atoms with Gasteiger partial charge in [-0.05, 0) is 24.3 Å². The Kier molecular flexibility index (Phi) is 6.95. The highest BCUT2D eigenvalue weighted by Crippen LogP contribution is 2.38. The minimum absolute atomic E-state index is 0.0355. The zero-order valence-corrected chi connectivity index (χ0v) is 17.2. The van der Waals surface area contributed by atoms with Crippen molar-refractivity contribution in [2.75, 3.05) is 23.9 Å². The van der Waals surface area contributed by atoms with E-state index in [1.807, 2.05) is 0 Å². The van der Waals surface area contributed by atoms with Crippen LogP contribution >= 0.6 is 0 Å². The van der Waals surface area contributed by atoms with Gasteiger partial charge in [0.2, 0.25) is 11.7 Å². The number of methoxy groups -OCH3 is 1. The quantitative estimate of drug-likeness (QED) is 0.616. The number of anilines is 2. The van der Waals surface area contributed by atoms with E-state index in [9.17, 15) is 31.0 Å². The summed E-state index contributed by atoms with van der Waals surface area (Å²) in [5.74, 6) is -3.92. The number of nitrogens with two attached hydrogens (primary N) is 1. The van der Waals surface area contributed by atoms with Gasteiger partial charge < -0.3 is 15.0 Å². The number of halogens is 5. The maximum atomic E-state index is 14.2. The van der Waals surface area contributed by atoms with Crippen LogP contribution in [0.25, 0.3) is 0 Å². The number of benzene rings is 1. The molecular weight excluding hydrogens is 463 g/mol. The van der Waals surface area contributed by atoms with Gasteiger partial charge in [0.05, 0.1) is 18.9 Å². The van der Waals surface area contributed by atoms with E-state index >= 15 is 0 Å². The van der Waals surface area contributed by atoms with Gasteiger partial charge in [-0.3, -0.25) is 9.53 Å². The zero-order valence-electron chi connectivity index (χ0n) is 16.4. The molecule has 0 aliphatic carbocycles. The lowest BCUT2D eigenvalue weighted by Crippen LogP contribution is -2.40. The average molecular weight is 480 g/mol. The van der Waals surface area contributed by atoms with Crippen LogP contribution in [0.4, 0.5) is 33.3 Å². The number of hydrogen-bond acceptors (Lipinski definition) is 6. The normalized spacial score (nSPS) is 19.7. The van der Waals surface area contributed by atoms with Crippen LogP contribution in [-0.2, 0) is 20.5 Å². The third-order valence-electron chi connectivity index (χ3n) is 4.62. The molecule has 32 heavy (non-hydrogen) atoms. The number of amides is 1. The first kappa shape index (κ1) is 23.8. The molecule has 3 rings (SSSR count). The van der Waals surface area contributed by atoms with E-state index in [4.69, 9.17) is 9.88 Å². The molecule has 0 bridgehead atoms. The highest BCUT2D eigenvalue weighted by molar-refractivity contribution is 7.82. The average Bonchev–Trinajstić information content (AvgIpc) is 3.12. The number of pyridine rings is 1. The number of carbonyl (C=O) groups excluding carboxylic acids is 1. The Labute approximate surface area is 181 Å². The lowest BCUT2D eigenvalue weighted by atomic mass is 10.1. The van der Waals surface area contributed by atoms with Crippen LogP contribution in [-0.4, -0.2) is 47.3 Å². The van der Waals surface area contributed by atoms with E-state index in [0.717, 1.165) is 24.1 Å². The Morgan fingerprint density at radius 2 is 2.03 bits per heavy atom. The monoisotopic (exact) mass is 480 g/mol. The van der Waals surface area contributed by atoms with E-state index in [2.05, 4.69) is 15.0 Å². The molecule has 3 unspecified atom stereocenters. The predicted molar refractivity (Wildman–Crippen MR) is 103 cm³/mol. The van der Waals surface area contributed by atoms with Crippen LogP contribution in [0.1, 0.15) is 6.42 Å². The van der Waals surface area contributed by atoms with E-state index < -0.39 is 65.8 Å². The number of nitrogens with zero attached hydrogens (tertiary/aromatic N) is 2. The second-order valence-electron chi connectivity index (χ2n) is 6.67. The van der Waals surface area contributed by atoms with Crippen molar-refractivity contribution in [3.63, 3.8) is 0 Å². The fourth-order valence-corrected chi connectivity index (χ4v) is 3.76. The summed E-state index contributed by atoms with van der Waals surface area (Å²) in [6, 6.07) is 3.19. The molecular formula is C18H17F5N4O4S. The Hall–Kier alpha value is -2.84. The summed E-state index contributed by atoms with van der Waals surface area (Å²) in [5.41, 5.74) is 0.00879. The number of hydrogen-bond donors (Lipinski definition) is 2. The molecule has 1 aromatic heterocycles. The van der Waals surface area contributed by atoms with Crippen LogP contribution in [0.15, 0.2) is 35.5 Å². The predicted octanol–water partition coefficient (Wildman–Crippen LogP) is 2.47. The molecule has 8 nitrogen and oxygen atoms in total. The maximum absolute atomic E-state index is 14.2. The van der Waals surface area contributed by atoms with Gasteiger partial charge >= 0.3 is 6.36 Å². The SMILES string of the molecule is COc1c(N2CC(OC(F)(F)F)CC2C(=O)Nc2ccnc(S(N)=O)c2)ccc(F)c1F. The fourth-order valence-electron chi connectivity index (χ4n) is 3.35. The molecule has 1 fully saturated rings. The Morgan fingerprint density at radius 3 is 2.66 bits per heavy atom. The Balaban J connectivity index is 1.93. The topological polar surface area (TPSA) is 107 Å². The second kappa shape index (κ2) is 9.34. The van der Waals surface area contributed by atoms with Gasteiger partial charge in [0.25, 0.3) is 0 Å². The molecule has 14 heteroatoms. The highest BCUT2D eigenvalue weighted by Gasteiger charge is 2.44. The second-order valence-corrected chi connectivity index (χ2v) is 7.69. The van der Waals surface area contributed by atoms with Crippen molar-refractivity contribution in [3.05, 3.63) is 42.1 Å². The molecule has 2 heterocycles. The third-order valence-corrected chi connectivity index (χ3v) is 5.25. The van der Waals surface area contributed by atoms with Crippen molar-refractivity contribution in [1.82, 2.24) is 4.98 Å². The molecule has 174 valence electrons. The third kappa shape index (κ3) is 5.31. The van der Waals surface area contributed by atoms with Crippen molar-refractivity contribution >= 4 is 28.3 Å². The van der Waals surface area contributed by atoms with Gasteiger partial charge in [0.1, 0.15) is 22.1 Å². The van der Waals surface area contributed by atoms with E-state index in [1.165, 1.54) is 18.3 Å². The van der Waals surface area contributed by atoms with Crippen LogP contribution in [0, 0.1) is 11.6 Å². The van der Waals surface area contributed by atoms with Crippen molar-refractivity contribution in [2.45, 2.75) is 30.0 Å². The first-order valence-corrected chi connectivity index (χ1v) is 10.2. The molecule has 1 aromatic carbocycles. The van der Waals surface area contributed by atoms with Crippen molar-refractivity contribution in [1.29, 1.82) is 0 Å². The fraction of sp³-hybridized carbons (Fsp3) is 0.333. The van der Waals surface area contributed by atoms with E-state index in [1.54, 1.807) is 0 Å². The van der Waals surface area contributed by atoms with Gasteiger partial charge in [-0.2, -0.15) is 4.39 Å². The zero-order chi connectivity index (χ0) is 23.6. The largest absolute Gasteiger partial charge is 0.522 e. The summed E-state index contributed by atoms with van der Waals surface area (Å²) in [7, 11) is -0.873. The summed E-state index contributed by atoms with van der Waals surface area (Å²) < 4.78 is 86.5. The first-order valence-electron chi connectivity index (χ1n) is 8.96. The number of aromatic nitrogens is 1. The van der Waals surface area contributed by atoms with Gasteiger partial charge in [0, 0.05) is 24.8 Å². The Bertz CT molecular complexity index is 1040. The molecule has 0 spiro atoms. The number of alkyl halides is 3. The standard InChI is InChI=1S/C18H17F5N4O4S/c1-30-16-12(3-2-11(19)15(16)20)27-8-10(31-18(21,22)23)7-13(27)17(28)26-9-4-5-25-14(6-9)32(24)29/h2-6,10,13H,7-8,24H2,1H3,(H,25,26,28). The van der Waals surface area contributed by atoms with Crippen molar-refractivity contribution in [3.8, 4) is 5.75 Å². The van der Waals surface area contributed by atoms with E-state index in [-0.39, 0.29) is 16.4 Å². The van der Waals surface area contributed by atoms with Gasteiger partial charge in [-0.15, -0.1) is 13.2 Å². The van der Waals surface area contributed by atoms with Crippen LogP contribution in [0.5, 0.6) is 5.75 Å². The van der Waals surface area contributed by atoms with Crippen LogP contribution < -0.4 is 20.1 Å². The van der Waals surface area contributed by atoms with Crippen LogP contribution in [0.2, 0.25) is 0 Å². The van der Waals surface area contributed by atoms with Crippen LogP contribution in [0.3, 0.4) is 0 Å². The molecule has 2 aromatic rings. The van der Waals surface area contributed by atoms with Crippen molar-refractivity contribution in [2.24, 2.45) is 5.14 Å². The minimum Gasteiger partial charge on any atom is -0.491 e. The number of nitrogens with one attached hydrogen (secondary N) is 1. The molecule has 0 saturated carbocycles. The number of ether oxygens (including phenoxy) is 2. The number of carbonyl (C=O) groups is 1. The molecule has 0 radical (unpaired) electrons. The van der Waals surface area contributed by atoms with Gasteiger partial charge in [-0.1, -0.05) is 0 Å². The lowest BCUT2D eigenvalue weighted by Gasteiger charge is -2.27. The molecule has 1 aliphatic rings. The summed E-state index contributed by atoms with van der Waals surface area (Å²) in [5, 5.41) is 7.69. The molecule has 1 saturated heterocycles. The van der Waals surface area contributed by atoms with Gasteiger partial charge in [-0.25, -0.2) is 18.7 Å². The summed E-state index contributed by atoms with van der Waals surface area (Å²) in [4.78, 5) is 17.8. The minimum atomic E-state index is -4.97. The summed E-state index contributed by atoms with van der Waals surface area (Å²) >= 11 is 0. The molecule has 3 N–H and O–H groups in total. The molecule has 1 aliphatic heterocycles. The highest BCUT2D eigenvalue weighted by atomic mass is 32.2. The number of rotatable bonds is 6. The summed E-state index contributed by atoms with van der Waals surface area (Å²) in [6.07, 6.45) is -5.61. The smallest absolute Gasteiger partial charge is 0.491 e. The van der Waals surface area contributed by atoms with Crippen molar-refractivity contribution < 1.29 is 40.4 Å².